The zero-order chi connectivity index (χ0) is 35.6. The zero-order valence-corrected chi connectivity index (χ0v) is 29.4. The smallest absolute Gasteiger partial charge is 0.246 e. The van der Waals surface area contributed by atoms with Crippen LogP contribution in [0, 0.1) is 13.8 Å². The number of nitrogens with two attached hydrogens (primary N) is 1. The van der Waals surface area contributed by atoms with Crippen molar-refractivity contribution in [3.63, 3.8) is 0 Å². The van der Waals surface area contributed by atoms with Crippen LogP contribution in [0.5, 0.6) is 0 Å². The quantitative estimate of drug-likeness (QED) is 0.0572. The molecule has 1 aromatic heterocycles. The van der Waals surface area contributed by atoms with Crippen molar-refractivity contribution in [3.8, 4) is 0 Å². The Balaban J connectivity index is 1.17. The van der Waals surface area contributed by atoms with Crippen LogP contribution >= 0.6 is 0 Å². The Morgan fingerprint density at radius 1 is 0.686 bits per heavy atom. The van der Waals surface area contributed by atoms with E-state index < -0.39 is 17.6 Å². The summed E-state index contributed by atoms with van der Waals surface area (Å²) in [6.07, 6.45) is 4.18. The molecule has 2 atom stereocenters. The van der Waals surface area contributed by atoms with E-state index in [2.05, 4.69) is 101 Å². The van der Waals surface area contributed by atoms with E-state index in [1.807, 2.05) is 73.8 Å². The van der Waals surface area contributed by atoms with Crippen LogP contribution in [0.2, 0.25) is 0 Å². The number of benzene rings is 5. The first-order chi connectivity index (χ1) is 24.8. The molecule has 0 saturated heterocycles. The van der Waals surface area contributed by atoms with E-state index in [1.54, 1.807) is 0 Å². The number of amides is 2. The number of rotatable bonds is 15. The molecule has 6 N–H and O–H groups in total. The molecule has 0 aliphatic heterocycles. The van der Waals surface area contributed by atoms with E-state index in [0.29, 0.717) is 31.5 Å². The average Bonchev–Trinajstić information content (AvgIpc) is 3.57. The second-order valence-electron chi connectivity index (χ2n) is 13.4. The highest BCUT2D eigenvalue weighted by Crippen LogP contribution is 2.37. The monoisotopic (exact) mass is 677 g/mol. The molecular formula is C44H47N5O2. The van der Waals surface area contributed by atoms with Crippen molar-refractivity contribution in [2.45, 2.75) is 57.2 Å². The van der Waals surface area contributed by atoms with Crippen molar-refractivity contribution in [2.24, 2.45) is 5.73 Å². The number of aromatic nitrogens is 1. The molecule has 5 aromatic carbocycles. The number of unbranched alkanes of at least 4 members (excludes halogenated alkanes) is 1. The van der Waals surface area contributed by atoms with Gasteiger partial charge in [0.05, 0.1) is 11.6 Å². The van der Waals surface area contributed by atoms with Crippen molar-refractivity contribution < 1.29 is 9.59 Å². The van der Waals surface area contributed by atoms with Gasteiger partial charge < -0.3 is 21.4 Å². The maximum Gasteiger partial charge on any atom is 0.246 e. The third-order valence-corrected chi connectivity index (χ3v) is 9.61. The Kier molecular flexibility index (Phi) is 11.4. The van der Waals surface area contributed by atoms with Gasteiger partial charge in [0, 0.05) is 22.8 Å². The van der Waals surface area contributed by atoms with E-state index >= 15 is 0 Å². The number of aromatic amines is 1. The molecule has 0 fully saturated rings. The summed E-state index contributed by atoms with van der Waals surface area (Å²) >= 11 is 0. The number of anilines is 1. The van der Waals surface area contributed by atoms with Gasteiger partial charge in [-0.25, -0.2) is 0 Å². The number of fused-ring (bicyclic) bond motifs is 1. The molecule has 0 aliphatic rings. The maximum atomic E-state index is 13.7. The summed E-state index contributed by atoms with van der Waals surface area (Å²) in [5, 5.41) is 11.0. The molecule has 0 aliphatic carbocycles. The summed E-state index contributed by atoms with van der Waals surface area (Å²) in [7, 11) is 0. The number of H-pyrrole nitrogens is 1. The highest BCUT2D eigenvalue weighted by atomic mass is 16.2. The highest BCUT2D eigenvalue weighted by molar-refractivity contribution is 5.98. The van der Waals surface area contributed by atoms with Gasteiger partial charge in [-0.05, 0) is 86.5 Å². The molecule has 0 radical (unpaired) electrons. The van der Waals surface area contributed by atoms with Crippen molar-refractivity contribution in [1.82, 2.24) is 15.6 Å². The standard InChI is InChI=1S/C44H47N5O2/c1-31-20-24-36(25-21-31)44(34-13-5-3-6-14-34,35-15-7-4-8-16-35)47-28-12-11-19-41(43(51)48-37-26-22-32(2)23-27-37)49-42(50)39(45)29-33-30-46-40-18-10-9-17-38(33)40/h3-10,13-18,20-27,30,39,41,46-47H,11-12,19,28-29,45H2,1-2H3,(H,48,51)(H,49,50)/t39-,41-/m0/s1. The van der Waals surface area contributed by atoms with Gasteiger partial charge in [-0.2, -0.15) is 0 Å². The molecule has 6 aromatic rings. The summed E-state index contributed by atoms with van der Waals surface area (Å²) in [6, 6.07) is 43.8. The van der Waals surface area contributed by atoms with Gasteiger partial charge in [-0.15, -0.1) is 0 Å². The van der Waals surface area contributed by atoms with Crippen molar-refractivity contribution in [2.75, 3.05) is 11.9 Å². The Labute approximate surface area is 300 Å². The first kappa shape index (κ1) is 35.3. The van der Waals surface area contributed by atoms with E-state index in [0.717, 1.165) is 45.1 Å². The lowest BCUT2D eigenvalue weighted by molar-refractivity contribution is -0.127. The van der Waals surface area contributed by atoms with E-state index in [1.165, 1.54) is 5.56 Å². The molecule has 7 nitrogen and oxygen atoms in total. The maximum absolute atomic E-state index is 13.7. The minimum atomic E-state index is -0.813. The first-order valence-corrected chi connectivity index (χ1v) is 17.8. The predicted octanol–water partition coefficient (Wildman–Crippen LogP) is 7.53. The number of hydrogen-bond donors (Lipinski definition) is 5. The van der Waals surface area contributed by atoms with Crippen molar-refractivity contribution in [3.05, 3.63) is 173 Å². The largest absolute Gasteiger partial charge is 0.361 e. The minimum Gasteiger partial charge on any atom is -0.361 e. The summed E-state index contributed by atoms with van der Waals surface area (Å²) in [5.41, 5.74) is 14.3. The van der Waals surface area contributed by atoms with Crippen LogP contribution in [0.4, 0.5) is 5.69 Å². The topological polar surface area (TPSA) is 112 Å². The molecule has 2 amide bonds. The molecule has 0 unspecified atom stereocenters. The molecule has 260 valence electrons. The van der Waals surface area contributed by atoms with E-state index in [9.17, 15) is 9.59 Å². The number of carbonyl (C=O) groups excluding carboxylic acids is 2. The number of para-hydroxylation sites is 1. The summed E-state index contributed by atoms with van der Waals surface area (Å²) in [6.45, 7) is 4.78. The molecular weight excluding hydrogens is 631 g/mol. The van der Waals surface area contributed by atoms with Crippen LogP contribution in [0.3, 0.4) is 0 Å². The van der Waals surface area contributed by atoms with E-state index in [4.69, 9.17) is 5.73 Å². The SMILES string of the molecule is Cc1ccc(NC(=O)[C@H](CCCCNC(c2ccccc2)(c2ccccc2)c2ccc(C)cc2)NC(=O)[C@@H](N)Cc2c[nH]c3ccccc23)cc1. The molecule has 1 heterocycles. The Morgan fingerprint density at radius 2 is 1.25 bits per heavy atom. The molecule has 7 heteroatoms. The summed E-state index contributed by atoms with van der Waals surface area (Å²) < 4.78 is 0. The minimum absolute atomic E-state index is 0.262. The molecule has 51 heavy (non-hydrogen) atoms. The van der Waals surface area contributed by atoms with Crippen molar-refractivity contribution >= 4 is 28.4 Å². The lowest BCUT2D eigenvalue weighted by Crippen LogP contribution is -2.50. The van der Waals surface area contributed by atoms with Gasteiger partial charge in [-0.1, -0.05) is 126 Å². The van der Waals surface area contributed by atoms with Crippen LogP contribution in [-0.4, -0.2) is 35.4 Å². The van der Waals surface area contributed by atoms with Gasteiger partial charge in [0.15, 0.2) is 0 Å². The number of carbonyl (C=O) groups is 2. The average molecular weight is 678 g/mol. The third kappa shape index (κ3) is 8.46. The van der Waals surface area contributed by atoms with Crippen LogP contribution < -0.4 is 21.7 Å². The fraction of sp³-hybridized carbons (Fsp3) is 0.227. The normalized spacial score (nSPS) is 12.7. The van der Waals surface area contributed by atoms with Crippen LogP contribution in [0.15, 0.2) is 140 Å². The van der Waals surface area contributed by atoms with Gasteiger partial charge in [0.25, 0.3) is 0 Å². The Hall–Kier alpha value is -5.50. The second kappa shape index (κ2) is 16.5. The van der Waals surface area contributed by atoms with Crippen LogP contribution in [0.1, 0.15) is 52.6 Å². The Morgan fingerprint density at radius 3 is 1.90 bits per heavy atom. The fourth-order valence-corrected chi connectivity index (χ4v) is 6.78. The predicted molar refractivity (Wildman–Crippen MR) is 208 cm³/mol. The van der Waals surface area contributed by atoms with E-state index in [-0.39, 0.29) is 11.8 Å². The third-order valence-electron chi connectivity index (χ3n) is 9.61. The number of hydrogen-bond acceptors (Lipinski definition) is 4. The van der Waals surface area contributed by atoms with Crippen molar-refractivity contribution in [1.29, 1.82) is 0 Å². The molecule has 0 spiro atoms. The zero-order valence-electron chi connectivity index (χ0n) is 29.4. The Bertz CT molecular complexity index is 1980. The van der Waals surface area contributed by atoms with Gasteiger partial charge in [-0.3, -0.25) is 14.9 Å². The molecule has 6 rings (SSSR count). The number of nitrogens with one attached hydrogen (secondary N) is 4. The molecule has 0 bridgehead atoms. The van der Waals surface area contributed by atoms with Crippen LogP contribution in [0.25, 0.3) is 10.9 Å². The first-order valence-electron chi connectivity index (χ1n) is 17.8. The van der Waals surface area contributed by atoms with Gasteiger partial charge >= 0.3 is 0 Å². The summed E-state index contributed by atoms with van der Waals surface area (Å²) in [5.74, 6) is -0.615. The lowest BCUT2D eigenvalue weighted by atomic mass is 9.76. The van der Waals surface area contributed by atoms with Gasteiger partial charge in [0.1, 0.15) is 6.04 Å². The fourth-order valence-electron chi connectivity index (χ4n) is 6.78. The van der Waals surface area contributed by atoms with Gasteiger partial charge in [0.2, 0.25) is 11.8 Å². The van der Waals surface area contributed by atoms with Crippen LogP contribution in [-0.2, 0) is 21.5 Å². The lowest BCUT2D eigenvalue weighted by Gasteiger charge is -2.37. The second-order valence-corrected chi connectivity index (χ2v) is 13.4. The number of aryl methyl sites for hydroxylation is 2. The summed E-state index contributed by atoms with van der Waals surface area (Å²) in [4.78, 5) is 30.4. The highest BCUT2D eigenvalue weighted by Gasteiger charge is 2.35. The molecule has 0 saturated carbocycles.